The van der Waals surface area contributed by atoms with E-state index in [2.05, 4.69) is 5.32 Å². The fourth-order valence-electron chi connectivity index (χ4n) is 10.1. The van der Waals surface area contributed by atoms with Gasteiger partial charge in [0.25, 0.3) is 0 Å². The summed E-state index contributed by atoms with van der Waals surface area (Å²) in [5, 5.41) is 26.7. The average Bonchev–Trinajstić information content (AvgIpc) is 3.39. The Morgan fingerprint density at radius 1 is 0.925 bits per heavy atom. The zero-order chi connectivity index (χ0) is 38.2. The number of alkyl halides is 5. The van der Waals surface area contributed by atoms with E-state index in [0.29, 0.717) is 55.0 Å². The highest BCUT2D eigenvalue weighted by Gasteiger charge is 2.79. The Hall–Kier alpha value is -3.26. The van der Waals surface area contributed by atoms with Crippen LogP contribution in [0.2, 0.25) is 0 Å². The van der Waals surface area contributed by atoms with Gasteiger partial charge in [0.1, 0.15) is 18.0 Å². The minimum absolute atomic E-state index is 0.00533. The lowest BCUT2D eigenvalue weighted by Crippen LogP contribution is -2.65. The van der Waals surface area contributed by atoms with Gasteiger partial charge >= 0.3 is 18.2 Å². The van der Waals surface area contributed by atoms with Crippen LogP contribution in [0.5, 0.6) is 5.75 Å². The molecule has 290 valence electrons. The monoisotopic (exact) mass is 749 g/mol. The van der Waals surface area contributed by atoms with E-state index < -0.39 is 64.8 Å². The van der Waals surface area contributed by atoms with Crippen molar-refractivity contribution in [3.05, 3.63) is 70.8 Å². The number of hydrogen-bond donors (Lipinski definition) is 3. The fraction of sp³-hybridized carbons (Fsp3) is 0.625. The predicted molar refractivity (Wildman–Crippen MR) is 184 cm³/mol. The van der Waals surface area contributed by atoms with E-state index in [1.807, 2.05) is 13.8 Å². The van der Waals surface area contributed by atoms with E-state index in [1.165, 1.54) is 14.0 Å². The van der Waals surface area contributed by atoms with E-state index in [-0.39, 0.29) is 37.7 Å². The van der Waals surface area contributed by atoms with Crippen LogP contribution in [0, 0.1) is 22.7 Å². The van der Waals surface area contributed by atoms with Crippen molar-refractivity contribution in [3.8, 4) is 5.75 Å². The van der Waals surface area contributed by atoms with Crippen LogP contribution in [-0.2, 0) is 20.8 Å². The Balaban J connectivity index is 1.20. The minimum Gasteiger partial charge on any atom is -0.497 e. The largest absolute Gasteiger partial charge is 0.497 e. The molecule has 3 N–H and O–H groups in total. The lowest BCUT2D eigenvalue weighted by molar-refractivity contribution is -0.362. The molecular formula is C40H48F5NO7. The molecule has 1 amide bonds. The molecule has 1 aliphatic heterocycles. The highest BCUT2D eigenvalue weighted by Crippen LogP contribution is 2.71. The third kappa shape index (κ3) is 6.33. The van der Waals surface area contributed by atoms with E-state index in [4.69, 9.17) is 18.9 Å². The molecule has 4 aliphatic carbocycles. The first-order valence-corrected chi connectivity index (χ1v) is 18.3. The van der Waals surface area contributed by atoms with Gasteiger partial charge in [-0.3, -0.25) is 5.32 Å². The molecule has 3 saturated carbocycles. The number of rotatable bonds is 6. The predicted octanol–water partition coefficient (Wildman–Crippen LogP) is 8.67. The summed E-state index contributed by atoms with van der Waals surface area (Å²) in [4.78, 5) is 12.5. The van der Waals surface area contributed by atoms with Gasteiger partial charge in [-0.05, 0) is 91.3 Å². The number of ether oxygens (including phenoxy) is 4. The molecule has 1 heterocycles. The van der Waals surface area contributed by atoms with Crippen molar-refractivity contribution < 1.29 is 55.9 Å². The number of methoxy groups -OCH3 is 1. The molecule has 3 unspecified atom stereocenters. The standard InChI is InChI=1S/C40H48F5NO7/c1-34(2)22-52-37(53-23-34)17-14-31-32-28(13-16-36(31,48)21-37)30-15-18-38(49,39(41,42)40(43,44)45)35(30,3)19-29(32)25-7-5-24(6-8-25)20-51-33(47)46-26-9-11-27(50-4)12-10-26/h5-12,28-30,48-49H,13-23H2,1-4H3,(H,46,47)/t28?,29-,30?,35+,36?,38+/m1/s1. The lowest BCUT2D eigenvalue weighted by Gasteiger charge is -2.59. The van der Waals surface area contributed by atoms with E-state index in [9.17, 15) is 28.2 Å². The van der Waals surface area contributed by atoms with Gasteiger partial charge in [0.05, 0.1) is 25.9 Å². The maximum atomic E-state index is 15.4. The molecule has 1 spiro atoms. The molecule has 1 saturated heterocycles. The van der Waals surface area contributed by atoms with Crippen LogP contribution in [-0.4, -0.2) is 65.7 Å². The van der Waals surface area contributed by atoms with Gasteiger partial charge in [-0.15, -0.1) is 0 Å². The van der Waals surface area contributed by atoms with Gasteiger partial charge in [-0.1, -0.05) is 50.6 Å². The molecule has 6 atom stereocenters. The van der Waals surface area contributed by atoms with Crippen molar-refractivity contribution >= 4 is 11.8 Å². The first-order valence-electron chi connectivity index (χ1n) is 18.3. The molecule has 2 aromatic carbocycles. The molecule has 0 radical (unpaired) electrons. The van der Waals surface area contributed by atoms with Crippen molar-refractivity contribution in [2.45, 2.75) is 114 Å². The minimum atomic E-state index is -5.94. The van der Waals surface area contributed by atoms with Crippen LogP contribution in [0.3, 0.4) is 0 Å². The molecule has 7 rings (SSSR count). The number of allylic oxidation sites excluding steroid dienone is 1. The summed E-state index contributed by atoms with van der Waals surface area (Å²) in [7, 11) is 1.53. The molecule has 0 aromatic heterocycles. The fourth-order valence-corrected chi connectivity index (χ4v) is 10.1. The molecule has 13 heteroatoms. The normalized spacial score (nSPS) is 33.5. The number of nitrogens with one attached hydrogen (secondary N) is 1. The van der Waals surface area contributed by atoms with Crippen LogP contribution in [0.15, 0.2) is 59.7 Å². The van der Waals surface area contributed by atoms with Crippen molar-refractivity contribution in [2.24, 2.45) is 22.7 Å². The molecule has 8 nitrogen and oxygen atoms in total. The third-order valence-electron chi connectivity index (χ3n) is 13.0. The smallest absolute Gasteiger partial charge is 0.456 e. The number of amides is 1. The van der Waals surface area contributed by atoms with Crippen molar-refractivity contribution in [1.82, 2.24) is 0 Å². The van der Waals surface area contributed by atoms with Crippen LogP contribution in [0.25, 0.3) is 0 Å². The summed E-state index contributed by atoms with van der Waals surface area (Å²) >= 11 is 0. The number of fused-ring (bicyclic) bond motifs is 4. The van der Waals surface area contributed by atoms with Crippen LogP contribution < -0.4 is 10.1 Å². The number of anilines is 1. The van der Waals surface area contributed by atoms with Gasteiger partial charge in [-0.2, -0.15) is 22.0 Å². The molecule has 5 aliphatic rings. The zero-order valence-corrected chi connectivity index (χ0v) is 30.5. The van der Waals surface area contributed by atoms with Gasteiger partial charge < -0.3 is 29.2 Å². The quantitative estimate of drug-likeness (QED) is 0.201. The summed E-state index contributed by atoms with van der Waals surface area (Å²) in [6.45, 7) is 6.32. The molecule has 2 aromatic rings. The SMILES string of the molecule is COc1ccc(NC(=O)OCc2ccc([C@H]3C[C@@]4(C)C(CC[C@@]4(O)C(F)(F)C(F)(F)F)C4CCC5(O)CC6(CCC5=C43)OCC(C)(C)CO6)cc2)cc1. The summed E-state index contributed by atoms with van der Waals surface area (Å²) in [5.41, 5.74) is -3.16. The maximum absolute atomic E-state index is 15.4. The number of halogens is 5. The Labute approximate surface area is 306 Å². The second-order valence-corrected chi connectivity index (χ2v) is 16.9. The van der Waals surface area contributed by atoms with Gasteiger partial charge in [0.15, 0.2) is 5.79 Å². The maximum Gasteiger partial charge on any atom is 0.456 e. The van der Waals surface area contributed by atoms with Gasteiger partial charge in [-0.25, -0.2) is 4.79 Å². The van der Waals surface area contributed by atoms with Gasteiger partial charge in [0, 0.05) is 35.3 Å². The lowest BCUT2D eigenvalue weighted by atomic mass is 9.49. The number of aliphatic hydroxyl groups is 2. The average molecular weight is 750 g/mol. The molecular weight excluding hydrogens is 701 g/mol. The Kier molecular flexibility index (Phi) is 9.27. The van der Waals surface area contributed by atoms with Crippen LogP contribution >= 0.6 is 0 Å². The number of benzene rings is 2. The Morgan fingerprint density at radius 2 is 1.58 bits per heavy atom. The second-order valence-electron chi connectivity index (χ2n) is 16.9. The van der Waals surface area contributed by atoms with Crippen LogP contribution in [0.4, 0.5) is 32.4 Å². The third-order valence-corrected chi connectivity index (χ3v) is 13.0. The molecule has 53 heavy (non-hydrogen) atoms. The molecule has 0 bridgehead atoms. The first kappa shape index (κ1) is 38.0. The van der Waals surface area contributed by atoms with Gasteiger partial charge in [0.2, 0.25) is 0 Å². The highest BCUT2D eigenvalue weighted by molar-refractivity contribution is 5.84. The summed E-state index contributed by atoms with van der Waals surface area (Å²) in [6, 6.07) is 13.7. The topological polar surface area (TPSA) is 106 Å². The summed E-state index contributed by atoms with van der Waals surface area (Å²) < 4.78 is 96.0. The van der Waals surface area contributed by atoms with Crippen molar-refractivity contribution in [1.29, 1.82) is 0 Å². The van der Waals surface area contributed by atoms with E-state index >= 15 is 8.78 Å². The number of carbonyl (C=O) groups excluding carboxylic acids is 1. The van der Waals surface area contributed by atoms with Crippen molar-refractivity contribution in [2.75, 3.05) is 25.6 Å². The summed E-state index contributed by atoms with van der Waals surface area (Å²) in [6.07, 6.45) is -5.76. The molecule has 4 fully saturated rings. The summed E-state index contributed by atoms with van der Waals surface area (Å²) in [5.74, 6) is -7.40. The first-order chi connectivity index (χ1) is 24.8. The van der Waals surface area contributed by atoms with E-state index in [0.717, 1.165) is 11.1 Å². The highest BCUT2D eigenvalue weighted by atomic mass is 19.4. The Morgan fingerprint density at radius 3 is 2.21 bits per heavy atom. The number of hydrogen-bond acceptors (Lipinski definition) is 7. The second kappa shape index (κ2) is 12.9. The zero-order valence-electron chi connectivity index (χ0n) is 30.5. The van der Waals surface area contributed by atoms with Crippen molar-refractivity contribution in [3.63, 3.8) is 0 Å². The number of carbonyl (C=O) groups is 1. The van der Waals surface area contributed by atoms with Crippen LogP contribution in [0.1, 0.15) is 89.2 Å². The Bertz CT molecular complexity index is 1730. The van der Waals surface area contributed by atoms with E-state index in [1.54, 1.807) is 48.5 Å².